The van der Waals surface area contributed by atoms with E-state index in [-0.39, 0.29) is 53.8 Å². The molecule has 0 aromatic heterocycles. The average molecular weight is 810 g/mol. The highest BCUT2D eigenvalue weighted by atomic mass is 35.5. The summed E-state index contributed by atoms with van der Waals surface area (Å²) in [6.07, 6.45) is 6.85. The second-order valence-electron chi connectivity index (χ2n) is 15.9. The second-order valence-corrected chi connectivity index (χ2v) is 16.3. The van der Waals surface area contributed by atoms with Gasteiger partial charge in [0.05, 0.1) is 33.5 Å². The SMILES string of the molecule is N#Cc1ccc(OC2CCC(NC(=O)c3ccc(N4CCC(NC5CCN(c6cc7c(cc6F)C(=O)N(C6CCC(=O)NC6=O)C7=O)CC5)CC4)cc3)CC2)cc1Cl. The van der Waals surface area contributed by atoms with Gasteiger partial charge in [0.1, 0.15) is 23.7 Å². The molecule has 8 rings (SSSR count). The topological polar surface area (TPSA) is 164 Å². The molecule has 0 radical (unpaired) electrons. The Morgan fingerprint density at radius 1 is 0.793 bits per heavy atom. The van der Waals surface area contributed by atoms with E-state index in [4.69, 9.17) is 21.6 Å². The quantitative estimate of drug-likeness (QED) is 0.248. The number of nitriles is 1. The van der Waals surface area contributed by atoms with E-state index in [0.29, 0.717) is 41.0 Å². The molecule has 4 fully saturated rings. The number of benzene rings is 3. The maximum Gasteiger partial charge on any atom is 0.262 e. The lowest BCUT2D eigenvalue weighted by molar-refractivity contribution is -0.136. The van der Waals surface area contributed by atoms with Crippen molar-refractivity contribution in [2.45, 2.75) is 94.5 Å². The highest BCUT2D eigenvalue weighted by Gasteiger charge is 2.45. The minimum Gasteiger partial charge on any atom is -0.490 e. The van der Waals surface area contributed by atoms with Crippen LogP contribution in [0.3, 0.4) is 0 Å². The largest absolute Gasteiger partial charge is 0.490 e. The molecule has 3 N–H and O–H groups in total. The summed E-state index contributed by atoms with van der Waals surface area (Å²) in [5, 5.41) is 18.6. The number of anilines is 2. The lowest BCUT2D eigenvalue weighted by Crippen LogP contribution is -2.54. The molecular formula is C43H45ClFN7O6. The minimum atomic E-state index is -1.10. The van der Waals surface area contributed by atoms with E-state index in [1.54, 1.807) is 18.2 Å². The first-order valence-electron chi connectivity index (χ1n) is 20.1. The first kappa shape index (κ1) is 39.3. The summed E-state index contributed by atoms with van der Waals surface area (Å²) in [6.45, 7) is 2.92. The summed E-state index contributed by atoms with van der Waals surface area (Å²) in [5.74, 6) is -2.54. The Bertz CT molecular complexity index is 2150. The maximum atomic E-state index is 15.4. The van der Waals surface area contributed by atoms with Crippen LogP contribution in [0.25, 0.3) is 0 Å². The molecule has 1 saturated carbocycles. The van der Waals surface area contributed by atoms with Crippen LogP contribution >= 0.6 is 11.6 Å². The predicted molar refractivity (Wildman–Crippen MR) is 213 cm³/mol. The molecule has 3 aromatic rings. The Morgan fingerprint density at radius 2 is 1.43 bits per heavy atom. The van der Waals surface area contributed by atoms with Gasteiger partial charge in [-0.1, -0.05) is 11.6 Å². The Balaban J connectivity index is 0.764. The van der Waals surface area contributed by atoms with Crippen molar-refractivity contribution in [3.8, 4) is 11.8 Å². The van der Waals surface area contributed by atoms with Gasteiger partial charge >= 0.3 is 0 Å². The van der Waals surface area contributed by atoms with Crippen LogP contribution in [0, 0.1) is 17.1 Å². The number of hydrogen-bond acceptors (Lipinski definition) is 10. The Kier molecular flexibility index (Phi) is 11.4. The van der Waals surface area contributed by atoms with Crippen molar-refractivity contribution in [1.82, 2.24) is 20.9 Å². The standard InChI is InChI=1S/C43H45ClFN7O6/c44-35-21-32(8-3-26(35)24-46)58-31-9-4-27(5-10-31)48-40(54)25-1-6-30(7-2-25)50-17-13-28(14-18-50)47-29-15-19-51(20-16-29)38-23-34-33(22-36(38)45)42(56)52(43(34)57)37-11-12-39(53)49-41(37)55/h1-3,6-8,21-23,27-29,31,37,47H,4-5,9-20H2,(H,48,54)(H,49,53,55). The third-order valence-electron chi connectivity index (χ3n) is 12.2. The molecule has 4 heterocycles. The van der Waals surface area contributed by atoms with Crippen molar-refractivity contribution >= 4 is 52.5 Å². The number of ether oxygens (including phenoxy) is 1. The predicted octanol–water partition coefficient (Wildman–Crippen LogP) is 5.10. The highest BCUT2D eigenvalue weighted by molar-refractivity contribution is 6.31. The summed E-state index contributed by atoms with van der Waals surface area (Å²) >= 11 is 6.15. The molecule has 1 aliphatic carbocycles. The number of amides is 5. The van der Waals surface area contributed by atoms with Gasteiger partial charge in [0.15, 0.2) is 0 Å². The number of hydrogen-bond donors (Lipinski definition) is 3. The van der Waals surface area contributed by atoms with Gasteiger partial charge in [-0.3, -0.25) is 34.2 Å². The number of rotatable bonds is 9. The molecule has 1 atom stereocenters. The average Bonchev–Trinajstić information content (AvgIpc) is 3.46. The molecule has 3 saturated heterocycles. The Hall–Kier alpha value is -5.52. The van der Waals surface area contributed by atoms with Crippen LogP contribution in [-0.2, 0) is 9.59 Å². The summed E-state index contributed by atoms with van der Waals surface area (Å²) in [6, 6.07) is 17.1. The van der Waals surface area contributed by atoms with Crippen LogP contribution in [0.1, 0.15) is 101 Å². The highest BCUT2D eigenvalue weighted by Crippen LogP contribution is 2.34. The van der Waals surface area contributed by atoms with Crippen LogP contribution in [-0.4, -0.2) is 90.9 Å². The van der Waals surface area contributed by atoms with Gasteiger partial charge in [0.2, 0.25) is 11.8 Å². The fourth-order valence-corrected chi connectivity index (χ4v) is 9.13. The monoisotopic (exact) mass is 809 g/mol. The van der Waals surface area contributed by atoms with Gasteiger partial charge in [0, 0.05) is 68.0 Å². The van der Waals surface area contributed by atoms with Gasteiger partial charge in [-0.25, -0.2) is 4.39 Å². The van der Waals surface area contributed by atoms with E-state index in [1.807, 2.05) is 29.2 Å². The van der Waals surface area contributed by atoms with Crippen LogP contribution < -0.4 is 30.5 Å². The van der Waals surface area contributed by atoms with Gasteiger partial charge in [-0.05, 0) is 106 Å². The number of carbonyl (C=O) groups is 5. The Morgan fingerprint density at radius 3 is 2.05 bits per heavy atom. The van der Waals surface area contributed by atoms with E-state index in [9.17, 15) is 24.0 Å². The molecule has 15 heteroatoms. The smallest absolute Gasteiger partial charge is 0.262 e. The number of halogens is 2. The number of nitrogens with zero attached hydrogens (tertiary/aromatic N) is 4. The minimum absolute atomic E-state index is 0.0168. The van der Waals surface area contributed by atoms with E-state index < -0.39 is 35.5 Å². The lowest BCUT2D eigenvalue weighted by atomic mass is 9.92. The fourth-order valence-electron chi connectivity index (χ4n) is 8.92. The molecule has 3 aromatic carbocycles. The second kappa shape index (κ2) is 16.8. The lowest BCUT2D eigenvalue weighted by Gasteiger charge is -2.39. The Labute approximate surface area is 340 Å². The summed E-state index contributed by atoms with van der Waals surface area (Å²) in [4.78, 5) is 68.6. The number of piperidine rings is 3. The molecule has 13 nitrogen and oxygen atoms in total. The van der Waals surface area contributed by atoms with Gasteiger partial charge in [0.25, 0.3) is 17.7 Å². The van der Waals surface area contributed by atoms with Crippen LogP contribution in [0.5, 0.6) is 5.75 Å². The van der Waals surface area contributed by atoms with E-state index >= 15 is 4.39 Å². The zero-order valence-electron chi connectivity index (χ0n) is 32.0. The van der Waals surface area contributed by atoms with Crippen LogP contribution in [0.15, 0.2) is 54.6 Å². The van der Waals surface area contributed by atoms with Crippen molar-refractivity contribution in [3.05, 3.63) is 87.7 Å². The summed E-state index contributed by atoms with van der Waals surface area (Å²) in [5.41, 5.74) is 2.41. The van der Waals surface area contributed by atoms with Crippen molar-refractivity contribution in [2.75, 3.05) is 36.0 Å². The third-order valence-corrected chi connectivity index (χ3v) is 12.5. The molecule has 4 aliphatic heterocycles. The molecule has 302 valence electrons. The van der Waals surface area contributed by atoms with Crippen molar-refractivity contribution < 1.29 is 33.1 Å². The van der Waals surface area contributed by atoms with Crippen molar-refractivity contribution in [3.63, 3.8) is 0 Å². The van der Waals surface area contributed by atoms with Crippen molar-refractivity contribution in [2.24, 2.45) is 0 Å². The summed E-state index contributed by atoms with van der Waals surface area (Å²) < 4.78 is 21.5. The van der Waals surface area contributed by atoms with Gasteiger partial charge in [-0.2, -0.15) is 5.26 Å². The molecule has 0 bridgehead atoms. The fraction of sp³-hybridized carbons (Fsp3) is 0.442. The van der Waals surface area contributed by atoms with Gasteiger partial charge in [-0.15, -0.1) is 0 Å². The molecule has 0 spiro atoms. The first-order chi connectivity index (χ1) is 28.0. The zero-order chi connectivity index (χ0) is 40.5. The number of fused-ring (bicyclic) bond motifs is 1. The molecule has 1 unspecified atom stereocenters. The normalized spacial score (nSPS) is 23.1. The van der Waals surface area contributed by atoms with Crippen molar-refractivity contribution in [1.29, 1.82) is 5.26 Å². The number of carbonyl (C=O) groups excluding carboxylic acids is 5. The van der Waals surface area contributed by atoms with Crippen LogP contribution in [0.4, 0.5) is 15.8 Å². The van der Waals surface area contributed by atoms with E-state index in [0.717, 1.165) is 81.1 Å². The zero-order valence-corrected chi connectivity index (χ0v) is 32.7. The number of nitrogens with one attached hydrogen (secondary N) is 3. The maximum absolute atomic E-state index is 15.4. The number of imide groups is 2. The molecule has 5 amide bonds. The third kappa shape index (κ3) is 8.24. The molecule has 58 heavy (non-hydrogen) atoms. The van der Waals surface area contributed by atoms with Gasteiger partial charge < -0.3 is 25.2 Å². The molecular weight excluding hydrogens is 765 g/mol. The molecule has 5 aliphatic rings. The van der Waals surface area contributed by atoms with E-state index in [1.165, 1.54) is 6.07 Å². The van der Waals surface area contributed by atoms with E-state index in [2.05, 4.69) is 26.9 Å². The van der Waals surface area contributed by atoms with Crippen LogP contribution in [0.2, 0.25) is 5.02 Å². The first-order valence-corrected chi connectivity index (χ1v) is 20.5. The summed E-state index contributed by atoms with van der Waals surface area (Å²) in [7, 11) is 0.